The lowest BCUT2D eigenvalue weighted by molar-refractivity contribution is 0.0950. The molecule has 0 spiro atoms. The molecule has 1 N–H and O–H groups in total. The number of nitrogens with one attached hydrogen (secondary N) is 1. The minimum absolute atomic E-state index is 0.208. The van der Waals surface area contributed by atoms with Gasteiger partial charge >= 0.3 is 0 Å². The van der Waals surface area contributed by atoms with Crippen molar-refractivity contribution in [3.63, 3.8) is 0 Å². The Labute approximate surface area is 177 Å². The first-order chi connectivity index (χ1) is 15.2. The summed E-state index contributed by atoms with van der Waals surface area (Å²) in [5.74, 6) is 0.288. The van der Waals surface area contributed by atoms with E-state index in [2.05, 4.69) is 20.4 Å². The molecule has 5 rings (SSSR count). The highest BCUT2D eigenvalue weighted by Crippen LogP contribution is 2.30. The van der Waals surface area contributed by atoms with Gasteiger partial charge in [-0.2, -0.15) is 0 Å². The molecule has 0 aliphatic rings. The van der Waals surface area contributed by atoms with Gasteiger partial charge in [0.15, 0.2) is 5.58 Å². The second-order valence-corrected chi connectivity index (χ2v) is 7.15. The second kappa shape index (κ2) is 7.87. The molecule has 0 saturated heterocycles. The third kappa shape index (κ3) is 3.81. The highest BCUT2D eigenvalue weighted by Gasteiger charge is 2.17. The SMILES string of the molecule is Cc1ccc(-c2nc(-c3noc4ccc(C(=O)NCc5ccccn5)cc34)co2)cc1. The molecule has 7 heteroatoms. The molecule has 0 radical (unpaired) electrons. The quantitative estimate of drug-likeness (QED) is 0.448. The third-order valence-corrected chi connectivity index (χ3v) is 4.93. The van der Waals surface area contributed by atoms with Crippen molar-refractivity contribution in [2.75, 3.05) is 0 Å². The van der Waals surface area contributed by atoms with Gasteiger partial charge in [0.2, 0.25) is 5.89 Å². The van der Waals surface area contributed by atoms with E-state index in [9.17, 15) is 4.79 Å². The maximum atomic E-state index is 12.6. The van der Waals surface area contributed by atoms with Gasteiger partial charge in [0.25, 0.3) is 5.91 Å². The summed E-state index contributed by atoms with van der Waals surface area (Å²) >= 11 is 0. The maximum Gasteiger partial charge on any atom is 0.251 e. The van der Waals surface area contributed by atoms with E-state index in [1.54, 1.807) is 30.7 Å². The third-order valence-electron chi connectivity index (χ3n) is 4.93. The summed E-state index contributed by atoms with van der Waals surface area (Å²) in [7, 11) is 0. The lowest BCUT2D eigenvalue weighted by atomic mass is 10.1. The molecule has 0 atom stereocenters. The maximum absolute atomic E-state index is 12.6. The normalized spacial score (nSPS) is 11.0. The van der Waals surface area contributed by atoms with Gasteiger partial charge in [-0.15, -0.1) is 0 Å². The van der Waals surface area contributed by atoms with E-state index in [-0.39, 0.29) is 5.91 Å². The van der Waals surface area contributed by atoms with E-state index < -0.39 is 0 Å². The summed E-state index contributed by atoms with van der Waals surface area (Å²) in [6.07, 6.45) is 3.24. The molecule has 0 fully saturated rings. The molecule has 152 valence electrons. The number of carbonyl (C=O) groups excluding carboxylic acids is 1. The summed E-state index contributed by atoms with van der Waals surface area (Å²) < 4.78 is 11.1. The molecule has 7 nitrogen and oxygen atoms in total. The highest BCUT2D eigenvalue weighted by atomic mass is 16.5. The van der Waals surface area contributed by atoms with Crippen molar-refractivity contribution in [1.82, 2.24) is 20.4 Å². The summed E-state index contributed by atoms with van der Waals surface area (Å²) in [4.78, 5) is 21.4. The Morgan fingerprint density at radius 1 is 1.06 bits per heavy atom. The van der Waals surface area contributed by atoms with Crippen molar-refractivity contribution in [2.45, 2.75) is 13.5 Å². The molecule has 0 aliphatic carbocycles. The van der Waals surface area contributed by atoms with Gasteiger partial charge in [0, 0.05) is 17.3 Å². The molecule has 3 heterocycles. The Hall–Kier alpha value is -4.26. The van der Waals surface area contributed by atoms with Crippen LogP contribution in [0.3, 0.4) is 0 Å². The van der Waals surface area contributed by atoms with Gasteiger partial charge in [-0.05, 0) is 49.4 Å². The molecule has 0 unspecified atom stereocenters. The van der Waals surface area contributed by atoms with E-state index in [0.29, 0.717) is 40.4 Å². The van der Waals surface area contributed by atoms with Crippen LogP contribution in [0, 0.1) is 6.92 Å². The number of rotatable bonds is 5. The van der Waals surface area contributed by atoms with E-state index in [0.717, 1.165) is 16.8 Å². The lowest BCUT2D eigenvalue weighted by Crippen LogP contribution is -2.23. The molecule has 2 aromatic carbocycles. The van der Waals surface area contributed by atoms with Crippen LogP contribution in [-0.4, -0.2) is 21.0 Å². The molecule has 5 aromatic rings. The Balaban J connectivity index is 1.41. The van der Waals surface area contributed by atoms with Crippen molar-refractivity contribution in [2.24, 2.45) is 0 Å². The van der Waals surface area contributed by atoms with Gasteiger partial charge in [-0.3, -0.25) is 9.78 Å². The number of pyridine rings is 1. The van der Waals surface area contributed by atoms with Crippen LogP contribution in [0.1, 0.15) is 21.6 Å². The fraction of sp³-hybridized carbons (Fsp3) is 0.0833. The number of aromatic nitrogens is 3. The first-order valence-electron chi connectivity index (χ1n) is 9.78. The number of oxazole rings is 1. The Kier molecular flexibility index (Phi) is 4.76. The van der Waals surface area contributed by atoms with Crippen LogP contribution in [0.5, 0.6) is 0 Å². The van der Waals surface area contributed by atoms with Crippen LogP contribution in [0.25, 0.3) is 33.8 Å². The molecular weight excluding hydrogens is 392 g/mol. The number of aryl methyl sites for hydroxylation is 1. The Bertz CT molecular complexity index is 1350. The average molecular weight is 410 g/mol. The first-order valence-corrected chi connectivity index (χ1v) is 9.78. The van der Waals surface area contributed by atoms with E-state index >= 15 is 0 Å². The molecule has 0 saturated carbocycles. The first kappa shape index (κ1) is 18.7. The molecule has 31 heavy (non-hydrogen) atoms. The standard InChI is InChI=1S/C24H18N4O3/c1-15-5-7-16(8-6-15)24-27-20(14-30-24)22-19-12-17(9-10-21(19)31-28-22)23(29)26-13-18-4-2-3-11-25-18/h2-12,14H,13H2,1H3,(H,26,29). The van der Waals surface area contributed by atoms with Gasteiger partial charge in [0.1, 0.15) is 17.7 Å². The summed E-state index contributed by atoms with van der Waals surface area (Å²) in [6, 6.07) is 18.7. The summed E-state index contributed by atoms with van der Waals surface area (Å²) in [6.45, 7) is 2.37. The monoisotopic (exact) mass is 410 g/mol. The zero-order valence-corrected chi connectivity index (χ0v) is 16.7. The largest absolute Gasteiger partial charge is 0.444 e. The van der Waals surface area contributed by atoms with E-state index in [4.69, 9.17) is 8.94 Å². The van der Waals surface area contributed by atoms with Crippen molar-refractivity contribution in [3.8, 4) is 22.8 Å². The van der Waals surface area contributed by atoms with Crippen molar-refractivity contribution in [1.29, 1.82) is 0 Å². The fourth-order valence-electron chi connectivity index (χ4n) is 3.25. The topological polar surface area (TPSA) is 94.0 Å². The molecule has 3 aromatic heterocycles. The predicted molar refractivity (Wildman–Crippen MR) is 115 cm³/mol. The van der Waals surface area contributed by atoms with Crippen LogP contribution in [0.2, 0.25) is 0 Å². The lowest BCUT2D eigenvalue weighted by Gasteiger charge is -2.04. The number of hydrogen-bond donors (Lipinski definition) is 1. The number of fused-ring (bicyclic) bond motifs is 1. The smallest absolute Gasteiger partial charge is 0.251 e. The number of benzene rings is 2. The zero-order valence-electron chi connectivity index (χ0n) is 16.7. The number of amides is 1. The Morgan fingerprint density at radius 3 is 2.74 bits per heavy atom. The highest BCUT2D eigenvalue weighted by molar-refractivity contribution is 6.00. The van der Waals surface area contributed by atoms with Crippen LogP contribution < -0.4 is 5.32 Å². The van der Waals surface area contributed by atoms with E-state index in [1.807, 2.05) is 49.4 Å². The number of carbonyl (C=O) groups is 1. The van der Waals surface area contributed by atoms with E-state index in [1.165, 1.54) is 0 Å². The van der Waals surface area contributed by atoms with Gasteiger partial charge in [0.05, 0.1) is 17.6 Å². The number of nitrogens with zero attached hydrogens (tertiary/aromatic N) is 3. The van der Waals surface area contributed by atoms with Crippen LogP contribution in [-0.2, 0) is 6.54 Å². The molecule has 0 bridgehead atoms. The van der Waals surface area contributed by atoms with Crippen molar-refractivity contribution >= 4 is 16.9 Å². The minimum Gasteiger partial charge on any atom is -0.444 e. The Morgan fingerprint density at radius 2 is 1.94 bits per heavy atom. The number of hydrogen-bond acceptors (Lipinski definition) is 6. The zero-order chi connectivity index (χ0) is 21.2. The van der Waals surface area contributed by atoms with Crippen LogP contribution >= 0.6 is 0 Å². The second-order valence-electron chi connectivity index (χ2n) is 7.15. The summed E-state index contributed by atoms with van der Waals surface area (Å²) in [5.41, 5.74) is 4.95. The summed E-state index contributed by atoms with van der Waals surface area (Å²) in [5, 5.41) is 7.71. The fourth-order valence-corrected chi connectivity index (χ4v) is 3.25. The average Bonchev–Trinajstić information content (AvgIpc) is 3.45. The van der Waals surface area contributed by atoms with Gasteiger partial charge in [-0.1, -0.05) is 28.9 Å². The molecule has 0 aliphatic heterocycles. The van der Waals surface area contributed by atoms with Crippen LogP contribution in [0.15, 0.2) is 82.1 Å². The molecular formula is C24H18N4O3. The van der Waals surface area contributed by atoms with Gasteiger partial charge < -0.3 is 14.3 Å². The van der Waals surface area contributed by atoms with Crippen molar-refractivity contribution < 1.29 is 13.7 Å². The van der Waals surface area contributed by atoms with Crippen molar-refractivity contribution in [3.05, 3.63) is 89.9 Å². The van der Waals surface area contributed by atoms with Gasteiger partial charge in [-0.25, -0.2) is 4.98 Å². The molecule has 1 amide bonds. The van der Waals surface area contributed by atoms with Crippen LogP contribution in [0.4, 0.5) is 0 Å². The minimum atomic E-state index is -0.208. The predicted octanol–water partition coefficient (Wildman–Crippen LogP) is 4.78.